The van der Waals surface area contributed by atoms with Crippen LogP contribution in [0.15, 0.2) is 0 Å². The standard InChI is InChI=1S/C15H31NO/c1-6-12-7-8-14(17)13(9-12)10-16(5)11-15(2,3)4/h12-14,17H,6-11H2,1-5H3. The summed E-state index contributed by atoms with van der Waals surface area (Å²) in [6.45, 7) is 11.3. The third kappa shape index (κ3) is 5.39. The zero-order valence-electron chi connectivity index (χ0n) is 12.4. The largest absolute Gasteiger partial charge is 0.393 e. The van der Waals surface area contributed by atoms with Crippen LogP contribution in [0.5, 0.6) is 0 Å². The van der Waals surface area contributed by atoms with E-state index in [2.05, 4.69) is 39.6 Å². The molecule has 0 amide bonds. The predicted molar refractivity (Wildman–Crippen MR) is 74.1 cm³/mol. The average molecular weight is 241 g/mol. The van der Waals surface area contributed by atoms with Crippen molar-refractivity contribution in [1.82, 2.24) is 4.90 Å². The second kappa shape index (κ2) is 6.19. The Balaban J connectivity index is 2.42. The minimum Gasteiger partial charge on any atom is -0.393 e. The zero-order valence-corrected chi connectivity index (χ0v) is 12.4. The number of nitrogens with zero attached hydrogens (tertiary/aromatic N) is 1. The number of hydrogen-bond acceptors (Lipinski definition) is 2. The summed E-state index contributed by atoms with van der Waals surface area (Å²) in [6, 6.07) is 0. The van der Waals surface area contributed by atoms with Gasteiger partial charge in [-0.05, 0) is 43.6 Å². The van der Waals surface area contributed by atoms with Gasteiger partial charge < -0.3 is 10.0 Å². The van der Waals surface area contributed by atoms with E-state index in [0.29, 0.717) is 11.3 Å². The lowest BCUT2D eigenvalue weighted by molar-refractivity contribution is 0.0263. The van der Waals surface area contributed by atoms with Gasteiger partial charge in [-0.15, -0.1) is 0 Å². The van der Waals surface area contributed by atoms with Gasteiger partial charge in [-0.2, -0.15) is 0 Å². The first-order chi connectivity index (χ1) is 7.81. The van der Waals surface area contributed by atoms with Crippen LogP contribution in [0.25, 0.3) is 0 Å². The Morgan fingerprint density at radius 2 is 1.88 bits per heavy atom. The molecule has 1 saturated carbocycles. The van der Waals surface area contributed by atoms with E-state index in [1.165, 1.54) is 19.3 Å². The van der Waals surface area contributed by atoms with Gasteiger partial charge in [0.1, 0.15) is 0 Å². The molecular weight excluding hydrogens is 210 g/mol. The maximum absolute atomic E-state index is 10.1. The number of hydrogen-bond donors (Lipinski definition) is 1. The summed E-state index contributed by atoms with van der Waals surface area (Å²) in [5, 5.41) is 10.1. The molecule has 2 heteroatoms. The van der Waals surface area contributed by atoms with E-state index in [9.17, 15) is 5.11 Å². The fourth-order valence-corrected chi connectivity index (χ4v) is 3.19. The van der Waals surface area contributed by atoms with Gasteiger partial charge >= 0.3 is 0 Å². The molecule has 3 unspecified atom stereocenters. The van der Waals surface area contributed by atoms with Crippen LogP contribution < -0.4 is 0 Å². The summed E-state index contributed by atoms with van der Waals surface area (Å²) in [5.74, 6) is 1.33. The first kappa shape index (κ1) is 15.0. The van der Waals surface area contributed by atoms with E-state index in [-0.39, 0.29) is 6.10 Å². The van der Waals surface area contributed by atoms with Crippen LogP contribution in [0.2, 0.25) is 0 Å². The highest BCUT2D eigenvalue weighted by atomic mass is 16.3. The molecule has 102 valence electrons. The lowest BCUT2D eigenvalue weighted by Gasteiger charge is -2.37. The second-order valence-electron chi connectivity index (χ2n) is 7.17. The molecule has 17 heavy (non-hydrogen) atoms. The van der Waals surface area contributed by atoms with Crippen molar-refractivity contribution in [3.05, 3.63) is 0 Å². The SMILES string of the molecule is CCC1CCC(O)C(CN(C)CC(C)(C)C)C1. The molecule has 1 N–H and O–H groups in total. The van der Waals surface area contributed by atoms with E-state index in [1.54, 1.807) is 0 Å². The first-order valence-electron chi connectivity index (χ1n) is 7.18. The number of aliphatic hydroxyl groups is 1. The minimum absolute atomic E-state index is 0.0692. The molecule has 0 radical (unpaired) electrons. The summed E-state index contributed by atoms with van der Waals surface area (Å²) in [5.41, 5.74) is 0.346. The summed E-state index contributed by atoms with van der Waals surface area (Å²) < 4.78 is 0. The van der Waals surface area contributed by atoms with Crippen LogP contribution in [-0.2, 0) is 0 Å². The lowest BCUT2D eigenvalue weighted by Crippen LogP contribution is -2.40. The van der Waals surface area contributed by atoms with Gasteiger partial charge in [0.05, 0.1) is 6.10 Å². The highest BCUT2D eigenvalue weighted by Gasteiger charge is 2.29. The Morgan fingerprint density at radius 1 is 1.24 bits per heavy atom. The zero-order chi connectivity index (χ0) is 13.1. The van der Waals surface area contributed by atoms with Gasteiger partial charge in [0.15, 0.2) is 0 Å². The van der Waals surface area contributed by atoms with Crippen molar-refractivity contribution >= 4 is 0 Å². The molecule has 0 aliphatic heterocycles. The Morgan fingerprint density at radius 3 is 2.41 bits per heavy atom. The van der Waals surface area contributed by atoms with Crippen LogP contribution in [0.1, 0.15) is 53.4 Å². The normalized spacial score (nSPS) is 30.9. The molecule has 0 heterocycles. The molecule has 0 aromatic rings. The van der Waals surface area contributed by atoms with Gasteiger partial charge in [-0.25, -0.2) is 0 Å². The molecule has 2 nitrogen and oxygen atoms in total. The molecular formula is C15H31NO. The highest BCUT2D eigenvalue weighted by Crippen LogP contribution is 2.32. The molecule has 0 aromatic carbocycles. The van der Waals surface area contributed by atoms with Gasteiger partial charge in [0.25, 0.3) is 0 Å². The fourth-order valence-electron chi connectivity index (χ4n) is 3.19. The van der Waals surface area contributed by atoms with Crippen molar-refractivity contribution < 1.29 is 5.11 Å². The fraction of sp³-hybridized carbons (Fsp3) is 1.00. The van der Waals surface area contributed by atoms with E-state index >= 15 is 0 Å². The van der Waals surface area contributed by atoms with E-state index in [0.717, 1.165) is 25.4 Å². The molecule has 3 atom stereocenters. The molecule has 0 aromatic heterocycles. The van der Waals surface area contributed by atoms with Crippen LogP contribution in [0.4, 0.5) is 0 Å². The molecule has 0 bridgehead atoms. The first-order valence-corrected chi connectivity index (χ1v) is 7.18. The maximum Gasteiger partial charge on any atom is 0.0580 e. The van der Waals surface area contributed by atoms with Crippen molar-refractivity contribution in [1.29, 1.82) is 0 Å². The minimum atomic E-state index is -0.0692. The third-order valence-electron chi connectivity index (χ3n) is 3.92. The quantitative estimate of drug-likeness (QED) is 0.817. The van der Waals surface area contributed by atoms with E-state index in [1.807, 2.05) is 0 Å². The van der Waals surface area contributed by atoms with E-state index in [4.69, 9.17) is 0 Å². The summed E-state index contributed by atoms with van der Waals surface area (Å²) in [7, 11) is 2.19. The predicted octanol–water partition coefficient (Wildman–Crippen LogP) is 3.15. The molecule has 1 fully saturated rings. The second-order valence-corrected chi connectivity index (χ2v) is 7.17. The summed E-state index contributed by atoms with van der Waals surface area (Å²) in [4.78, 5) is 2.39. The Bertz CT molecular complexity index is 221. The topological polar surface area (TPSA) is 23.5 Å². The Labute approximate surface area is 107 Å². The average Bonchev–Trinajstić information content (AvgIpc) is 2.18. The Hall–Kier alpha value is -0.0800. The van der Waals surface area contributed by atoms with Crippen LogP contribution in [0, 0.1) is 17.3 Å². The van der Waals surface area contributed by atoms with Crippen LogP contribution in [-0.4, -0.2) is 36.2 Å². The lowest BCUT2D eigenvalue weighted by atomic mass is 9.78. The highest BCUT2D eigenvalue weighted by molar-refractivity contribution is 4.82. The molecule has 0 spiro atoms. The molecule has 1 rings (SSSR count). The van der Waals surface area contributed by atoms with Crippen molar-refractivity contribution in [3.63, 3.8) is 0 Å². The van der Waals surface area contributed by atoms with Crippen molar-refractivity contribution in [3.8, 4) is 0 Å². The number of aliphatic hydroxyl groups excluding tert-OH is 1. The van der Waals surface area contributed by atoms with Gasteiger partial charge in [0.2, 0.25) is 0 Å². The summed E-state index contributed by atoms with van der Waals surface area (Å²) in [6.07, 6.45) is 4.64. The van der Waals surface area contributed by atoms with Gasteiger partial charge in [-0.3, -0.25) is 0 Å². The monoisotopic (exact) mass is 241 g/mol. The van der Waals surface area contributed by atoms with Crippen molar-refractivity contribution in [2.45, 2.75) is 59.5 Å². The van der Waals surface area contributed by atoms with Crippen LogP contribution in [0.3, 0.4) is 0 Å². The summed E-state index contributed by atoms with van der Waals surface area (Å²) >= 11 is 0. The molecule has 1 aliphatic rings. The van der Waals surface area contributed by atoms with Gasteiger partial charge in [-0.1, -0.05) is 34.1 Å². The maximum atomic E-state index is 10.1. The van der Waals surface area contributed by atoms with Gasteiger partial charge in [0, 0.05) is 13.1 Å². The van der Waals surface area contributed by atoms with Crippen molar-refractivity contribution in [2.75, 3.05) is 20.1 Å². The van der Waals surface area contributed by atoms with Crippen molar-refractivity contribution in [2.24, 2.45) is 17.3 Å². The molecule has 0 saturated heterocycles. The molecule has 1 aliphatic carbocycles. The third-order valence-corrected chi connectivity index (χ3v) is 3.92. The smallest absolute Gasteiger partial charge is 0.0580 e. The Kier molecular flexibility index (Phi) is 5.46. The van der Waals surface area contributed by atoms with Crippen LogP contribution >= 0.6 is 0 Å². The number of rotatable bonds is 4. The van der Waals surface area contributed by atoms with E-state index < -0.39 is 0 Å².